The molecule has 3 atom stereocenters. The molecule has 0 radical (unpaired) electrons. The number of benzene rings is 1. The summed E-state index contributed by atoms with van der Waals surface area (Å²) in [6, 6.07) is 7.26. The van der Waals surface area contributed by atoms with E-state index in [4.69, 9.17) is 9.57 Å². The lowest BCUT2D eigenvalue weighted by atomic mass is 10.2. The topological polar surface area (TPSA) is 151 Å². The third kappa shape index (κ3) is 7.83. The monoisotopic (exact) mass is 673 g/mol. The number of ether oxygens (including phenoxy) is 1. The van der Waals surface area contributed by atoms with Gasteiger partial charge in [-0.25, -0.2) is 36.5 Å². The predicted molar refractivity (Wildman–Crippen MR) is 161 cm³/mol. The van der Waals surface area contributed by atoms with E-state index in [0.29, 0.717) is 29.3 Å². The zero-order valence-electron chi connectivity index (χ0n) is 23.0. The van der Waals surface area contributed by atoms with Gasteiger partial charge in [0.25, 0.3) is 15.9 Å². The quantitative estimate of drug-likeness (QED) is 0.208. The van der Waals surface area contributed by atoms with Crippen LogP contribution in [0.4, 0.5) is 4.39 Å². The van der Waals surface area contributed by atoms with Gasteiger partial charge in [-0.3, -0.25) is 4.79 Å². The lowest BCUT2D eigenvalue weighted by molar-refractivity contribution is -0.202. The van der Waals surface area contributed by atoms with Gasteiger partial charge >= 0.3 is 0 Å². The number of hydrogen-bond acceptors (Lipinski definition) is 10. The van der Waals surface area contributed by atoms with Crippen LogP contribution in [0, 0.1) is 5.82 Å². The number of nitrogens with one attached hydrogen (secondary N) is 2. The molecule has 1 amide bonds. The number of H-pyrrole nitrogens is 1. The van der Waals surface area contributed by atoms with Crippen LogP contribution in [0.15, 0.2) is 53.0 Å². The Morgan fingerprint density at radius 1 is 1.19 bits per heavy atom. The van der Waals surface area contributed by atoms with Crippen molar-refractivity contribution in [2.75, 3.05) is 32.0 Å². The number of aromatic nitrogens is 2. The third-order valence-electron chi connectivity index (χ3n) is 7.08. The van der Waals surface area contributed by atoms with Gasteiger partial charge < -0.3 is 9.72 Å². The van der Waals surface area contributed by atoms with Crippen molar-refractivity contribution in [1.82, 2.24) is 24.1 Å². The molecule has 2 aromatic heterocycles. The van der Waals surface area contributed by atoms with E-state index in [1.807, 2.05) is 0 Å². The molecule has 3 aromatic rings. The van der Waals surface area contributed by atoms with Gasteiger partial charge in [0.2, 0.25) is 10.0 Å². The number of sulfonamides is 2. The van der Waals surface area contributed by atoms with Crippen molar-refractivity contribution >= 4 is 49.9 Å². The van der Waals surface area contributed by atoms with Gasteiger partial charge in [0.1, 0.15) is 21.9 Å². The molecular formula is C26H32FN5O7S4. The Hall–Kier alpha value is -2.38. The van der Waals surface area contributed by atoms with Gasteiger partial charge in [0.15, 0.2) is 6.29 Å². The number of imidazole rings is 1. The average Bonchev–Trinajstić information content (AvgIpc) is 3.69. The van der Waals surface area contributed by atoms with Crippen LogP contribution in [0.3, 0.4) is 0 Å². The van der Waals surface area contributed by atoms with Crippen LogP contribution in [0.5, 0.6) is 0 Å². The van der Waals surface area contributed by atoms with Crippen molar-refractivity contribution in [2.45, 2.75) is 47.5 Å². The molecule has 2 aliphatic heterocycles. The maximum absolute atomic E-state index is 13.9. The summed E-state index contributed by atoms with van der Waals surface area (Å²) in [4.78, 5) is 26.4. The number of aromatic amines is 1. The second-order valence-corrected chi connectivity index (χ2v) is 16.1. The Morgan fingerprint density at radius 3 is 2.67 bits per heavy atom. The number of hydrogen-bond donors (Lipinski definition) is 3. The van der Waals surface area contributed by atoms with Crippen LogP contribution < -0.4 is 5.48 Å². The van der Waals surface area contributed by atoms with Crippen LogP contribution in [0.1, 0.15) is 25.1 Å². The lowest BCUT2D eigenvalue weighted by Gasteiger charge is -2.39. The van der Waals surface area contributed by atoms with Gasteiger partial charge in [0, 0.05) is 61.6 Å². The molecule has 1 aromatic carbocycles. The van der Waals surface area contributed by atoms with Gasteiger partial charge in [-0.2, -0.15) is 21.2 Å². The van der Waals surface area contributed by atoms with Crippen LogP contribution in [-0.4, -0.2) is 90.9 Å². The highest BCUT2D eigenvalue weighted by atomic mass is 32.2. The maximum Gasteiger partial charge on any atom is 0.263 e. The standard InChI is InChI=1S/C26H32FN5O7S4/c27-19-6-4-18(5-7-19)22-8-9-25(41-22)43(36,37)32-13-12-31(42(34,35)17-20(40)15-23-28-10-11-29-23)16-21(32)26(33)30-39-24-3-1-2-14-38-24/h4-11,20-21,24,40H,1-3,12-17H2,(H,28,29)(H,30,33)/t20?,21-,24?/m1/s1. The smallest absolute Gasteiger partial charge is 0.263 e. The molecule has 4 heterocycles. The first kappa shape index (κ1) is 32.0. The molecule has 2 N–H and O–H groups in total. The highest BCUT2D eigenvalue weighted by Gasteiger charge is 2.44. The molecule has 2 unspecified atom stereocenters. The van der Waals surface area contributed by atoms with Crippen molar-refractivity contribution in [2.24, 2.45) is 0 Å². The number of amides is 1. The SMILES string of the molecule is O=C(NOC1CCCCO1)[C@H]1CN(S(=O)(=O)CC(S)Cc2ncc[nH]2)CCN1S(=O)(=O)c1ccc(-c2ccc(F)cc2)s1. The minimum atomic E-state index is -4.24. The van der Waals surface area contributed by atoms with Crippen molar-refractivity contribution in [3.63, 3.8) is 0 Å². The zero-order valence-corrected chi connectivity index (χ0v) is 26.3. The van der Waals surface area contributed by atoms with Crippen LogP contribution >= 0.6 is 24.0 Å². The summed E-state index contributed by atoms with van der Waals surface area (Å²) in [6.07, 6.45) is 5.03. The number of rotatable bonds is 11. The molecule has 17 heteroatoms. The van der Waals surface area contributed by atoms with Crippen LogP contribution in [0.2, 0.25) is 0 Å². The molecule has 2 saturated heterocycles. The van der Waals surface area contributed by atoms with E-state index in [2.05, 4.69) is 28.1 Å². The Morgan fingerprint density at radius 2 is 1.98 bits per heavy atom. The Kier molecular flexibility index (Phi) is 10.2. The van der Waals surface area contributed by atoms with Crippen molar-refractivity contribution < 1.29 is 35.6 Å². The molecule has 0 bridgehead atoms. The Balaban J connectivity index is 1.35. The average molecular weight is 674 g/mol. The normalized spacial score (nSPS) is 21.4. The van der Waals surface area contributed by atoms with E-state index in [-0.39, 0.29) is 29.5 Å². The molecule has 0 aliphatic carbocycles. The Labute approximate surface area is 259 Å². The van der Waals surface area contributed by atoms with Gasteiger partial charge in [-0.05, 0) is 42.7 Å². The third-order valence-corrected chi connectivity index (χ3v) is 13.1. The molecule has 2 aliphatic rings. The minimum absolute atomic E-state index is 0.0358. The first-order valence-electron chi connectivity index (χ1n) is 13.6. The first-order valence-corrected chi connectivity index (χ1v) is 18.0. The summed E-state index contributed by atoms with van der Waals surface area (Å²) >= 11 is 5.40. The largest absolute Gasteiger partial charge is 0.350 e. The fraction of sp³-hybridized carbons (Fsp3) is 0.462. The second-order valence-electron chi connectivity index (χ2n) is 10.2. The van der Waals surface area contributed by atoms with Gasteiger partial charge in [-0.1, -0.05) is 12.1 Å². The van der Waals surface area contributed by atoms with E-state index in [0.717, 1.165) is 32.8 Å². The van der Waals surface area contributed by atoms with Crippen LogP contribution in [-0.2, 0) is 40.8 Å². The molecular weight excluding hydrogens is 642 g/mol. The highest BCUT2D eigenvalue weighted by molar-refractivity contribution is 7.91. The summed E-state index contributed by atoms with van der Waals surface area (Å²) in [5.74, 6) is -0.982. The number of thiophene rings is 1. The van der Waals surface area contributed by atoms with E-state index in [9.17, 15) is 26.0 Å². The lowest BCUT2D eigenvalue weighted by Crippen LogP contribution is -2.61. The summed E-state index contributed by atoms with van der Waals surface area (Å²) < 4.78 is 75.4. The molecule has 43 heavy (non-hydrogen) atoms. The first-order chi connectivity index (χ1) is 20.5. The number of hydroxylamine groups is 1. The van der Waals surface area contributed by atoms with E-state index in [1.54, 1.807) is 30.6 Å². The number of thiol groups is 1. The predicted octanol–water partition coefficient (Wildman–Crippen LogP) is 2.40. The molecule has 2 fully saturated rings. The summed E-state index contributed by atoms with van der Waals surface area (Å²) in [5.41, 5.74) is 2.94. The summed E-state index contributed by atoms with van der Waals surface area (Å²) in [7, 11) is -8.18. The fourth-order valence-electron chi connectivity index (χ4n) is 4.88. The molecule has 5 rings (SSSR count). The highest BCUT2D eigenvalue weighted by Crippen LogP contribution is 2.34. The van der Waals surface area contributed by atoms with Crippen molar-refractivity contribution in [3.8, 4) is 10.4 Å². The number of carbonyl (C=O) groups excluding carboxylic acids is 1. The zero-order chi connectivity index (χ0) is 30.6. The summed E-state index contributed by atoms with van der Waals surface area (Å²) in [6.45, 7) is -0.373. The van der Waals surface area contributed by atoms with Crippen LogP contribution in [0.25, 0.3) is 10.4 Å². The number of halogens is 1. The number of nitrogens with zero attached hydrogens (tertiary/aromatic N) is 3. The van der Waals surface area contributed by atoms with E-state index in [1.165, 1.54) is 18.2 Å². The van der Waals surface area contributed by atoms with Crippen molar-refractivity contribution in [3.05, 3.63) is 60.4 Å². The number of carbonyl (C=O) groups is 1. The van der Waals surface area contributed by atoms with E-state index >= 15 is 0 Å². The molecule has 0 spiro atoms. The minimum Gasteiger partial charge on any atom is -0.350 e. The fourth-order valence-corrected chi connectivity index (χ4v) is 10.2. The van der Waals surface area contributed by atoms with Gasteiger partial charge in [0.05, 0.1) is 5.75 Å². The number of piperazine rings is 1. The van der Waals surface area contributed by atoms with Gasteiger partial charge in [-0.15, -0.1) is 11.3 Å². The molecule has 234 valence electrons. The Bertz CT molecular complexity index is 1590. The van der Waals surface area contributed by atoms with Crippen molar-refractivity contribution in [1.29, 1.82) is 0 Å². The van der Waals surface area contributed by atoms with E-state index < -0.39 is 55.9 Å². The molecule has 12 nitrogen and oxygen atoms in total. The molecule has 0 saturated carbocycles. The maximum atomic E-state index is 13.9. The summed E-state index contributed by atoms with van der Waals surface area (Å²) in [5, 5.41) is -0.590. The second kappa shape index (κ2) is 13.7.